The van der Waals surface area contributed by atoms with Gasteiger partial charge in [-0.2, -0.15) is 8.42 Å². The van der Waals surface area contributed by atoms with Gasteiger partial charge < -0.3 is 9.50 Å². The van der Waals surface area contributed by atoms with E-state index in [0.717, 1.165) is 0 Å². The molecule has 1 rings (SSSR count). The van der Waals surface area contributed by atoms with Crippen molar-refractivity contribution in [3.05, 3.63) is 23.2 Å². The third kappa shape index (κ3) is 4.15. The molecule has 0 aliphatic rings. The lowest BCUT2D eigenvalue weighted by Crippen LogP contribution is -2.34. The predicted molar refractivity (Wildman–Crippen MR) is 74.6 cm³/mol. The van der Waals surface area contributed by atoms with Crippen LogP contribution in [0.5, 0.6) is 5.75 Å². The van der Waals surface area contributed by atoms with E-state index in [1.54, 1.807) is 7.05 Å². The van der Waals surface area contributed by atoms with Crippen LogP contribution in [0.3, 0.4) is 0 Å². The number of carbonyl (C=O) groups is 1. The van der Waals surface area contributed by atoms with Gasteiger partial charge in [-0.25, -0.2) is 4.79 Å². The number of benzene rings is 1. The molecule has 0 atom stereocenters. The first kappa shape index (κ1) is 15.9. The predicted octanol–water partition coefficient (Wildman–Crippen LogP) is 2.02. The zero-order valence-corrected chi connectivity index (χ0v) is 12.5. The van der Waals surface area contributed by atoms with Crippen molar-refractivity contribution in [1.82, 2.24) is 5.32 Å². The largest absolute Gasteiger partial charge is 0.380 e. The Labute approximate surface area is 121 Å². The molecule has 0 unspecified atom stereocenters. The Morgan fingerprint density at radius 2 is 2.11 bits per heavy atom. The van der Waals surface area contributed by atoms with E-state index in [4.69, 9.17) is 27.4 Å². The van der Waals surface area contributed by atoms with Gasteiger partial charge in [0.05, 0.1) is 5.02 Å². The quantitative estimate of drug-likeness (QED) is 0.678. The van der Waals surface area contributed by atoms with Crippen LogP contribution in [0, 0.1) is 0 Å². The van der Waals surface area contributed by atoms with E-state index < -0.39 is 15.3 Å². The SMILES string of the molecule is CNC(=O)N(C)c1ccc(OS(=O)(=O)CCl)c(Cl)c1. The van der Waals surface area contributed by atoms with Crippen LogP contribution in [-0.4, -0.2) is 33.8 Å². The third-order valence-electron chi connectivity index (χ3n) is 2.17. The molecule has 0 aliphatic carbocycles. The first-order chi connectivity index (χ1) is 8.80. The van der Waals surface area contributed by atoms with E-state index in [1.807, 2.05) is 0 Å². The highest BCUT2D eigenvalue weighted by atomic mass is 35.5. The number of urea groups is 1. The number of amides is 2. The second-order valence-electron chi connectivity index (χ2n) is 3.48. The number of nitrogens with zero attached hydrogens (tertiary/aromatic N) is 1. The average Bonchev–Trinajstić information content (AvgIpc) is 2.39. The zero-order valence-electron chi connectivity index (χ0n) is 10.2. The van der Waals surface area contributed by atoms with Gasteiger partial charge in [0.25, 0.3) is 0 Å². The number of anilines is 1. The summed E-state index contributed by atoms with van der Waals surface area (Å²) >= 11 is 11.1. The molecule has 1 aromatic carbocycles. The van der Waals surface area contributed by atoms with E-state index in [-0.39, 0.29) is 16.8 Å². The summed E-state index contributed by atoms with van der Waals surface area (Å²) in [5.41, 5.74) is 0.486. The standard InChI is InChI=1S/C10H12Cl2N2O4S/c1-13-10(15)14(2)7-3-4-9(8(12)5-7)18-19(16,17)6-11/h3-5H,6H2,1-2H3,(H,13,15). The normalized spacial score (nSPS) is 10.9. The number of carbonyl (C=O) groups excluding carboxylic acids is 1. The Hall–Kier alpha value is -1.18. The van der Waals surface area contributed by atoms with Crippen molar-refractivity contribution in [2.24, 2.45) is 0 Å². The highest BCUT2D eigenvalue weighted by Crippen LogP contribution is 2.30. The summed E-state index contributed by atoms with van der Waals surface area (Å²) in [5.74, 6) is -0.0450. The molecule has 0 bridgehead atoms. The molecule has 2 amide bonds. The first-order valence-electron chi connectivity index (χ1n) is 5.04. The molecule has 0 heterocycles. The molecule has 0 saturated heterocycles. The summed E-state index contributed by atoms with van der Waals surface area (Å²) in [6, 6.07) is 3.93. The molecular formula is C10H12Cl2N2O4S. The average molecular weight is 327 g/mol. The fourth-order valence-corrected chi connectivity index (χ4v) is 2.07. The lowest BCUT2D eigenvalue weighted by atomic mass is 10.3. The van der Waals surface area contributed by atoms with Crippen LogP contribution in [-0.2, 0) is 10.1 Å². The van der Waals surface area contributed by atoms with Crippen molar-refractivity contribution in [2.75, 3.05) is 24.2 Å². The minimum absolute atomic E-state index is 0.0450. The van der Waals surface area contributed by atoms with Gasteiger partial charge in [-0.3, -0.25) is 4.90 Å². The van der Waals surface area contributed by atoms with E-state index in [9.17, 15) is 13.2 Å². The van der Waals surface area contributed by atoms with Crippen molar-refractivity contribution in [1.29, 1.82) is 0 Å². The van der Waals surface area contributed by atoms with Crippen LogP contribution < -0.4 is 14.4 Å². The molecule has 9 heteroatoms. The molecule has 106 valence electrons. The number of nitrogens with one attached hydrogen (secondary N) is 1. The number of hydrogen-bond acceptors (Lipinski definition) is 4. The van der Waals surface area contributed by atoms with Gasteiger partial charge in [-0.15, -0.1) is 11.6 Å². The highest BCUT2D eigenvalue weighted by molar-refractivity contribution is 7.88. The second-order valence-corrected chi connectivity index (χ2v) is 6.04. The molecule has 0 radical (unpaired) electrons. The van der Waals surface area contributed by atoms with Gasteiger partial charge in [0.1, 0.15) is 0 Å². The van der Waals surface area contributed by atoms with Gasteiger partial charge >= 0.3 is 16.1 Å². The maximum Gasteiger partial charge on any atom is 0.323 e. The molecule has 0 spiro atoms. The van der Waals surface area contributed by atoms with Gasteiger partial charge in [-0.1, -0.05) is 11.6 Å². The van der Waals surface area contributed by atoms with E-state index in [1.165, 1.54) is 30.1 Å². The van der Waals surface area contributed by atoms with E-state index in [0.29, 0.717) is 5.69 Å². The lowest BCUT2D eigenvalue weighted by molar-refractivity contribution is 0.249. The first-order valence-corrected chi connectivity index (χ1v) is 7.53. The third-order valence-corrected chi connectivity index (χ3v) is 3.97. The highest BCUT2D eigenvalue weighted by Gasteiger charge is 2.16. The molecule has 0 fully saturated rings. The summed E-state index contributed by atoms with van der Waals surface area (Å²) in [4.78, 5) is 12.7. The summed E-state index contributed by atoms with van der Waals surface area (Å²) in [5, 5.41) is 1.82. The van der Waals surface area contributed by atoms with E-state index >= 15 is 0 Å². The number of rotatable bonds is 4. The summed E-state index contributed by atoms with van der Waals surface area (Å²) in [6.45, 7) is 0. The van der Waals surface area contributed by atoms with Crippen LogP contribution in [0.1, 0.15) is 0 Å². The molecule has 0 saturated carbocycles. The molecular weight excluding hydrogens is 315 g/mol. The molecule has 0 aliphatic heterocycles. The smallest absolute Gasteiger partial charge is 0.323 e. The van der Waals surface area contributed by atoms with Crippen LogP contribution in [0.4, 0.5) is 10.5 Å². The van der Waals surface area contributed by atoms with Crippen molar-refractivity contribution in [2.45, 2.75) is 0 Å². The number of hydrogen-bond donors (Lipinski definition) is 1. The van der Waals surface area contributed by atoms with Crippen LogP contribution in [0.2, 0.25) is 5.02 Å². The Bertz CT molecular complexity index is 577. The van der Waals surface area contributed by atoms with Crippen LogP contribution >= 0.6 is 23.2 Å². The minimum atomic E-state index is -3.86. The van der Waals surface area contributed by atoms with Crippen molar-refractivity contribution in [3.8, 4) is 5.75 Å². The zero-order chi connectivity index (χ0) is 14.6. The monoisotopic (exact) mass is 326 g/mol. The van der Waals surface area contributed by atoms with Crippen molar-refractivity contribution in [3.63, 3.8) is 0 Å². The topological polar surface area (TPSA) is 75.7 Å². The van der Waals surface area contributed by atoms with Crippen molar-refractivity contribution >= 4 is 45.0 Å². The second kappa shape index (κ2) is 6.31. The Balaban J connectivity index is 3.01. The Morgan fingerprint density at radius 1 is 1.47 bits per heavy atom. The Morgan fingerprint density at radius 3 is 2.58 bits per heavy atom. The number of halogens is 2. The van der Waals surface area contributed by atoms with Gasteiger partial charge in [-0.05, 0) is 18.2 Å². The van der Waals surface area contributed by atoms with Gasteiger partial charge in [0.2, 0.25) is 0 Å². The maximum absolute atomic E-state index is 11.4. The molecule has 0 aromatic heterocycles. The molecule has 1 N–H and O–H groups in total. The van der Waals surface area contributed by atoms with Gasteiger partial charge in [0.15, 0.2) is 11.0 Å². The lowest BCUT2D eigenvalue weighted by Gasteiger charge is -2.17. The van der Waals surface area contributed by atoms with Crippen LogP contribution in [0.15, 0.2) is 18.2 Å². The summed E-state index contributed by atoms with van der Waals surface area (Å²) in [7, 11) is -0.828. The fourth-order valence-electron chi connectivity index (χ4n) is 1.21. The molecule has 6 nitrogen and oxygen atoms in total. The maximum atomic E-state index is 11.4. The molecule has 1 aromatic rings. The number of alkyl halides is 1. The van der Waals surface area contributed by atoms with Crippen molar-refractivity contribution < 1.29 is 17.4 Å². The van der Waals surface area contributed by atoms with E-state index in [2.05, 4.69) is 5.32 Å². The summed E-state index contributed by atoms with van der Waals surface area (Å²) in [6.07, 6.45) is 0. The molecule has 19 heavy (non-hydrogen) atoms. The fraction of sp³-hybridized carbons (Fsp3) is 0.300. The Kier molecular flexibility index (Phi) is 5.28. The van der Waals surface area contributed by atoms with Gasteiger partial charge in [0, 0.05) is 19.8 Å². The minimum Gasteiger partial charge on any atom is -0.380 e. The summed E-state index contributed by atoms with van der Waals surface area (Å²) < 4.78 is 27.1. The van der Waals surface area contributed by atoms with Crippen LogP contribution in [0.25, 0.3) is 0 Å².